The van der Waals surface area contributed by atoms with Crippen molar-refractivity contribution in [3.8, 4) is 5.88 Å². The van der Waals surface area contributed by atoms with Crippen LogP contribution in [0.25, 0.3) is 0 Å². The molecule has 0 bridgehead atoms. The average Bonchev–Trinajstić information content (AvgIpc) is 3.60. The highest BCUT2D eigenvalue weighted by molar-refractivity contribution is 7.90. The average molecular weight is 423 g/mol. The lowest BCUT2D eigenvalue weighted by Crippen LogP contribution is -2.40. The van der Waals surface area contributed by atoms with E-state index in [1.165, 1.54) is 24.9 Å². The van der Waals surface area contributed by atoms with Crippen molar-refractivity contribution in [3.63, 3.8) is 0 Å². The Morgan fingerprint density at radius 3 is 2.59 bits per heavy atom. The molecule has 3 fully saturated rings. The lowest BCUT2D eigenvalue weighted by molar-refractivity contribution is 0.0473. The second-order valence-electron chi connectivity index (χ2n) is 9.04. The zero-order chi connectivity index (χ0) is 20.6. The maximum Gasteiger partial charge on any atom is 0.410 e. The van der Waals surface area contributed by atoms with Crippen molar-refractivity contribution < 1.29 is 22.7 Å². The van der Waals surface area contributed by atoms with E-state index in [-0.39, 0.29) is 16.6 Å². The zero-order valence-corrected chi connectivity index (χ0v) is 18.0. The Hall–Kier alpha value is -1.83. The van der Waals surface area contributed by atoms with Gasteiger partial charge in [-0.15, -0.1) is 0 Å². The monoisotopic (exact) mass is 422 g/mol. The minimum absolute atomic E-state index is 0.140. The fourth-order valence-corrected chi connectivity index (χ4v) is 4.79. The Morgan fingerprint density at radius 2 is 2.00 bits per heavy atom. The number of hydrogen-bond acceptors (Lipinski definition) is 6. The number of pyridine rings is 1. The Morgan fingerprint density at radius 1 is 1.28 bits per heavy atom. The topological polar surface area (TPSA) is 85.8 Å². The summed E-state index contributed by atoms with van der Waals surface area (Å²) in [5, 5.41) is 0. The maximum atomic E-state index is 12.2. The van der Waals surface area contributed by atoms with Crippen molar-refractivity contribution in [3.05, 3.63) is 18.3 Å². The summed E-state index contributed by atoms with van der Waals surface area (Å²) in [6.45, 7) is 4.20. The van der Waals surface area contributed by atoms with Crippen LogP contribution in [-0.2, 0) is 14.6 Å². The van der Waals surface area contributed by atoms with E-state index in [9.17, 15) is 13.2 Å². The fourth-order valence-electron chi connectivity index (χ4n) is 4.23. The van der Waals surface area contributed by atoms with Gasteiger partial charge in [0.2, 0.25) is 5.88 Å². The van der Waals surface area contributed by atoms with Crippen molar-refractivity contribution in [2.45, 2.75) is 55.9 Å². The standard InChI is InChI=1S/C21H30N2O5S/c1-21(8-9-21)28-20(24)23-10-5-15(6-11-23)18-13-16(18)7-12-27-19-4-3-17(14-22-19)29(2,25)26/h3-4,14-16,18H,5-13H2,1-2H3. The predicted molar refractivity (Wildman–Crippen MR) is 107 cm³/mol. The molecular weight excluding hydrogens is 392 g/mol. The largest absolute Gasteiger partial charge is 0.478 e. The highest BCUT2D eigenvalue weighted by Crippen LogP contribution is 2.50. The highest BCUT2D eigenvalue weighted by Gasteiger charge is 2.45. The third-order valence-electron chi connectivity index (χ3n) is 6.54. The quantitative estimate of drug-likeness (QED) is 0.670. The van der Waals surface area contributed by atoms with Gasteiger partial charge in [-0.05, 0) is 69.3 Å². The Balaban J connectivity index is 1.14. The second-order valence-corrected chi connectivity index (χ2v) is 11.1. The lowest BCUT2D eigenvalue weighted by atomic mass is 9.91. The maximum absolute atomic E-state index is 12.2. The second kappa shape index (κ2) is 7.78. The predicted octanol–water partition coefficient (Wildman–Crippen LogP) is 3.29. The van der Waals surface area contributed by atoms with E-state index >= 15 is 0 Å². The van der Waals surface area contributed by atoms with Crippen molar-refractivity contribution in [2.24, 2.45) is 17.8 Å². The third-order valence-corrected chi connectivity index (χ3v) is 7.64. The molecule has 7 nitrogen and oxygen atoms in total. The molecule has 2 heterocycles. The lowest BCUT2D eigenvalue weighted by Gasteiger charge is -2.32. The van der Waals surface area contributed by atoms with Crippen LogP contribution >= 0.6 is 0 Å². The number of rotatable bonds is 7. The van der Waals surface area contributed by atoms with Crippen LogP contribution in [0.2, 0.25) is 0 Å². The summed E-state index contributed by atoms with van der Waals surface area (Å²) < 4.78 is 34.2. The first-order valence-electron chi connectivity index (χ1n) is 10.5. The number of nitrogens with zero attached hydrogens (tertiary/aromatic N) is 2. The van der Waals surface area contributed by atoms with E-state index < -0.39 is 9.84 Å². The van der Waals surface area contributed by atoms with Crippen LogP contribution in [0, 0.1) is 17.8 Å². The molecule has 1 amide bonds. The van der Waals surface area contributed by atoms with E-state index in [2.05, 4.69) is 4.98 Å². The summed E-state index contributed by atoms with van der Waals surface area (Å²) in [4.78, 5) is 18.4. The van der Waals surface area contributed by atoms with Gasteiger partial charge in [0.1, 0.15) is 5.60 Å². The summed E-state index contributed by atoms with van der Waals surface area (Å²) in [5.41, 5.74) is -0.199. The molecule has 0 aromatic carbocycles. The molecule has 2 saturated carbocycles. The number of carbonyl (C=O) groups excluding carboxylic acids is 1. The fraction of sp³-hybridized carbons (Fsp3) is 0.714. The number of piperidine rings is 1. The molecule has 0 N–H and O–H groups in total. The minimum Gasteiger partial charge on any atom is -0.478 e. The van der Waals surface area contributed by atoms with Crippen LogP contribution in [0.15, 0.2) is 23.2 Å². The SMILES string of the molecule is CC1(OC(=O)N2CCC(C3CC3CCOc3ccc(S(C)(=O)=O)cn3)CC2)CC1. The molecule has 1 aromatic rings. The van der Waals surface area contributed by atoms with Gasteiger partial charge in [0.15, 0.2) is 9.84 Å². The molecule has 1 aliphatic heterocycles. The van der Waals surface area contributed by atoms with Crippen LogP contribution in [0.4, 0.5) is 4.79 Å². The summed E-state index contributed by atoms with van der Waals surface area (Å²) >= 11 is 0. The molecule has 160 valence electrons. The molecule has 2 atom stereocenters. The summed E-state index contributed by atoms with van der Waals surface area (Å²) in [6, 6.07) is 3.14. The van der Waals surface area contributed by atoms with E-state index in [1.54, 1.807) is 6.07 Å². The van der Waals surface area contributed by atoms with Gasteiger partial charge in [0.25, 0.3) is 0 Å². The molecule has 3 aliphatic rings. The van der Waals surface area contributed by atoms with Crippen molar-refractivity contribution in [1.82, 2.24) is 9.88 Å². The van der Waals surface area contributed by atoms with E-state index in [0.29, 0.717) is 24.3 Å². The Kier molecular flexibility index (Phi) is 5.48. The summed E-state index contributed by atoms with van der Waals surface area (Å²) in [7, 11) is -3.23. The van der Waals surface area contributed by atoms with E-state index in [1.807, 2.05) is 11.8 Å². The number of aromatic nitrogens is 1. The van der Waals surface area contributed by atoms with Gasteiger partial charge in [0, 0.05) is 31.6 Å². The van der Waals surface area contributed by atoms with Crippen molar-refractivity contribution in [1.29, 1.82) is 0 Å². The van der Waals surface area contributed by atoms with Crippen LogP contribution < -0.4 is 4.74 Å². The molecule has 29 heavy (non-hydrogen) atoms. The number of likely N-dealkylation sites (tertiary alicyclic amines) is 1. The summed E-state index contributed by atoms with van der Waals surface area (Å²) in [5.74, 6) is 2.57. The minimum atomic E-state index is -3.23. The first-order valence-corrected chi connectivity index (χ1v) is 12.4. The molecule has 0 spiro atoms. The number of carbonyl (C=O) groups is 1. The van der Waals surface area contributed by atoms with Gasteiger partial charge in [-0.1, -0.05) is 0 Å². The zero-order valence-electron chi connectivity index (χ0n) is 17.2. The summed E-state index contributed by atoms with van der Waals surface area (Å²) in [6.07, 6.45) is 8.67. The number of sulfone groups is 1. The van der Waals surface area contributed by atoms with Crippen LogP contribution in [0.1, 0.15) is 45.4 Å². The molecule has 8 heteroatoms. The Labute approximate surface area is 172 Å². The molecule has 2 aliphatic carbocycles. The van der Waals surface area contributed by atoms with Crippen LogP contribution in [0.5, 0.6) is 5.88 Å². The van der Waals surface area contributed by atoms with Gasteiger partial charge in [-0.2, -0.15) is 0 Å². The van der Waals surface area contributed by atoms with Gasteiger partial charge < -0.3 is 14.4 Å². The Bertz CT molecular complexity index is 842. The van der Waals surface area contributed by atoms with Gasteiger partial charge >= 0.3 is 6.09 Å². The highest BCUT2D eigenvalue weighted by atomic mass is 32.2. The molecule has 0 radical (unpaired) electrons. The van der Waals surface area contributed by atoms with Crippen LogP contribution in [-0.4, -0.2) is 55.9 Å². The number of amides is 1. The molecule has 2 unspecified atom stereocenters. The molecular formula is C21H30N2O5S. The molecule has 1 aromatic heterocycles. The smallest absolute Gasteiger partial charge is 0.410 e. The third kappa shape index (κ3) is 5.21. The van der Waals surface area contributed by atoms with E-state index in [4.69, 9.17) is 9.47 Å². The first kappa shape index (κ1) is 20.4. The van der Waals surface area contributed by atoms with E-state index in [0.717, 1.165) is 51.1 Å². The number of hydrogen-bond donors (Lipinski definition) is 0. The van der Waals surface area contributed by atoms with Crippen molar-refractivity contribution >= 4 is 15.9 Å². The van der Waals surface area contributed by atoms with Crippen LogP contribution in [0.3, 0.4) is 0 Å². The number of ether oxygens (including phenoxy) is 2. The molecule has 4 rings (SSSR count). The van der Waals surface area contributed by atoms with Gasteiger partial charge in [0.05, 0.1) is 11.5 Å². The normalized spacial score (nSPS) is 26.1. The van der Waals surface area contributed by atoms with Gasteiger partial charge in [-0.3, -0.25) is 0 Å². The first-order chi connectivity index (χ1) is 13.7. The van der Waals surface area contributed by atoms with Crippen molar-refractivity contribution in [2.75, 3.05) is 26.0 Å². The molecule has 1 saturated heterocycles. The van der Waals surface area contributed by atoms with Gasteiger partial charge in [-0.25, -0.2) is 18.2 Å².